The van der Waals surface area contributed by atoms with Gasteiger partial charge < -0.3 is 5.73 Å². The summed E-state index contributed by atoms with van der Waals surface area (Å²) in [6.07, 6.45) is 3.09. The number of nitrogens with two attached hydrogens (primary N) is 1. The minimum atomic E-state index is -0.417. The zero-order chi connectivity index (χ0) is 9.84. The third kappa shape index (κ3) is 3.11. The summed E-state index contributed by atoms with van der Waals surface area (Å²) < 4.78 is 0. The van der Waals surface area contributed by atoms with Gasteiger partial charge in [-0.25, -0.2) is 0 Å². The van der Waals surface area contributed by atoms with Crippen molar-refractivity contribution >= 4 is 12.0 Å². The number of hydrogen-bond acceptors (Lipinski definition) is 1. The molecule has 0 fully saturated rings. The maximum Gasteiger partial charge on any atom is 0.241 e. The summed E-state index contributed by atoms with van der Waals surface area (Å²) in [6, 6.07) is 6.10. The Kier molecular flexibility index (Phi) is 2.85. The fourth-order valence-electron chi connectivity index (χ4n) is 1.28. The lowest BCUT2D eigenvalue weighted by molar-refractivity contribution is -0.113. The first-order valence-electron chi connectivity index (χ1n) is 4.14. The number of primary amides is 1. The highest BCUT2D eigenvalue weighted by Gasteiger charge is 1.92. The molecule has 1 amide bonds. The van der Waals surface area contributed by atoms with Gasteiger partial charge in [-0.1, -0.05) is 29.3 Å². The second-order valence-corrected chi connectivity index (χ2v) is 3.16. The Labute approximate surface area is 78.1 Å². The van der Waals surface area contributed by atoms with Crippen LogP contribution in [0.5, 0.6) is 0 Å². The number of amides is 1. The van der Waals surface area contributed by atoms with Gasteiger partial charge in [0.1, 0.15) is 0 Å². The van der Waals surface area contributed by atoms with Crippen molar-refractivity contribution in [3.8, 4) is 0 Å². The monoisotopic (exact) mass is 175 g/mol. The molecule has 0 aliphatic rings. The fourth-order valence-corrected chi connectivity index (χ4v) is 1.28. The average Bonchev–Trinajstić information content (AvgIpc) is 1.99. The van der Waals surface area contributed by atoms with Crippen LogP contribution >= 0.6 is 0 Å². The summed E-state index contributed by atoms with van der Waals surface area (Å²) in [7, 11) is 0. The van der Waals surface area contributed by atoms with E-state index in [9.17, 15) is 4.79 Å². The molecule has 1 rings (SSSR count). The van der Waals surface area contributed by atoms with Crippen molar-refractivity contribution in [2.24, 2.45) is 5.73 Å². The first-order valence-corrected chi connectivity index (χ1v) is 4.14. The molecule has 0 bridgehead atoms. The van der Waals surface area contributed by atoms with Gasteiger partial charge in [0, 0.05) is 6.08 Å². The molecule has 0 radical (unpaired) electrons. The maximum absolute atomic E-state index is 10.5. The Morgan fingerprint density at radius 2 is 1.77 bits per heavy atom. The van der Waals surface area contributed by atoms with Crippen LogP contribution in [0.15, 0.2) is 24.3 Å². The second-order valence-electron chi connectivity index (χ2n) is 3.16. The molecule has 2 N–H and O–H groups in total. The van der Waals surface area contributed by atoms with E-state index in [0.717, 1.165) is 5.56 Å². The summed E-state index contributed by atoms with van der Waals surface area (Å²) in [4.78, 5) is 10.5. The number of benzene rings is 1. The number of carbonyl (C=O) groups excluding carboxylic acids is 1. The Hall–Kier alpha value is -1.57. The average molecular weight is 175 g/mol. The third-order valence-electron chi connectivity index (χ3n) is 1.68. The first kappa shape index (κ1) is 9.52. The van der Waals surface area contributed by atoms with Crippen molar-refractivity contribution in [2.75, 3.05) is 0 Å². The number of carbonyl (C=O) groups is 1. The number of hydrogen-bond donors (Lipinski definition) is 1. The molecule has 0 aliphatic heterocycles. The van der Waals surface area contributed by atoms with Gasteiger partial charge in [-0.2, -0.15) is 0 Å². The van der Waals surface area contributed by atoms with E-state index in [2.05, 4.69) is 6.07 Å². The predicted octanol–water partition coefficient (Wildman–Crippen LogP) is 1.80. The second kappa shape index (κ2) is 3.90. The lowest BCUT2D eigenvalue weighted by Crippen LogP contribution is -2.05. The minimum absolute atomic E-state index is 0.417. The van der Waals surface area contributed by atoms with Gasteiger partial charge in [-0.3, -0.25) is 4.79 Å². The van der Waals surface area contributed by atoms with Crippen molar-refractivity contribution in [1.82, 2.24) is 0 Å². The summed E-state index contributed by atoms with van der Waals surface area (Å²) in [5, 5.41) is 0. The highest BCUT2D eigenvalue weighted by Crippen LogP contribution is 2.09. The van der Waals surface area contributed by atoms with E-state index in [1.54, 1.807) is 6.08 Å². The molecule has 0 saturated carbocycles. The van der Waals surface area contributed by atoms with Crippen molar-refractivity contribution < 1.29 is 4.79 Å². The molecule has 13 heavy (non-hydrogen) atoms. The summed E-state index contributed by atoms with van der Waals surface area (Å²) in [5.74, 6) is -0.417. The quantitative estimate of drug-likeness (QED) is 0.684. The Morgan fingerprint density at radius 1 is 1.23 bits per heavy atom. The summed E-state index contributed by atoms with van der Waals surface area (Å²) >= 11 is 0. The molecule has 0 heterocycles. The molecule has 2 heteroatoms. The molecular weight excluding hydrogens is 162 g/mol. The van der Waals surface area contributed by atoms with Gasteiger partial charge in [-0.15, -0.1) is 0 Å². The molecule has 0 spiro atoms. The molecule has 0 unspecified atom stereocenters. The molecule has 68 valence electrons. The van der Waals surface area contributed by atoms with Crippen molar-refractivity contribution in [2.45, 2.75) is 13.8 Å². The predicted molar refractivity (Wildman–Crippen MR) is 54.1 cm³/mol. The van der Waals surface area contributed by atoms with E-state index >= 15 is 0 Å². The maximum atomic E-state index is 10.5. The van der Waals surface area contributed by atoms with E-state index in [0.29, 0.717) is 0 Å². The van der Waals surface area contributed by atoms with Crippen molar-refractivity contribution in [1.29, 1.82) is 0 Å². The van der Waals surface area contributed by atoms with Crippen molar-refractivity contribution in [3.63, 3.8) is 0 Å². The zero-order valence-electron chi connectivity index (χ0n) is 7.87. The first-order chi connectivity index (χ1) is 6.08. The van der Waals surface area contributed by atoms with Crippen LogP contribution in [-0.2, 0) is 4.79 Å². The van der Waals surface area contributed by atoms with E-state index in [-0.39, 0.29) is 0 Å². The van der Waals surface area contributed by atoms with Gasteiger partial charge in [-0.05, 0) is 25.5 Å². The van der Waals surface area contributed by atoms with Crippen LogP contribution in [0.25, 0.3) is 6.08 Å². The van der Waals surface area contributed by atoms with E-state index in [1.807, 2.05) is 26.0 Å². The fraction of sp³-hybridized carbons (Fsp3) is 0.182. The van der Waals surface area contributed by atoms with E-state index < -0.39 is 5.91 Å². The molecule has 2 nitrogen and oxygen atoms in total. The molecule has 0 aliphatic carbocycles. The molecule has 0 saturated heterocycles. The lowest BCUT2D eigenvalue weighted by Gasteiger charge is -1.98. The van der Waals surface area contributed by atoms with Crippen LogP contribution in [0.3, 0.4) is 0 Å². The Bertz CT molecular complexity index is 333. The van der Waals surface area contributed by atoms with E-state index in [1.165, 1.54) is 17.2 Å². The zero-order valence-corrected chi connectivity index (χ0v) is 7.87. The van der Waals surface area contributed by atoms with Gasteiger partial charge in [0.15, 0.2) is 0 Å². The topological polar surface area (TPSA) is 43.1 Å². The van der Waals surface area contributed by atoms with E-state index in [4.69, 9.17) is 5.73 Å². The van der Waals surface area contributed by atoms with Crippen LogP contribution in [0.1, 0.15) is 16.7 Å². The van der Waals surface area contributed by atoms with Crippen LogP contribution in [-0.4, -0.2) is 5.91 Å². The van der Waals surface area contributed by atoms with Crippen LogP contribution in [0.4, 0.5) is 0 Å². The van der Waals surface area contributed by atoms with Gasteiger partial charge in [0.2, 0.25) is 5.91 Å². The standard InChI is InChI=1S/C11H13NO/c1-8-5-9(2)7-10(6-8)3-4-11(12)13/h3-7H,1-2H3,(H2,12,13)/b4-3-. The Morgan fingerprint density at radius 3 is 2.23 bits per heavy atom. The molecular formula is C11H13NO. The number of rotatable bonds is 2. The highest BCUT2D eigenvalue weighted by molar-refractivity contribution is 5.90. The molecule has 0 aromatic heterocycles. The van der Waals surface area contributed by atoms with Gasteiger partial charge in [0.25, 0.3) is 0 Å². The minimum Gasteiger partial charge on any atom is -0.366 e. The van der Waals surface area contributed by atoms with Crippen LogP contribution in [0.2, 0.25) is 0 Å². The van der Waals surface area contributed by atoms with Gasteiger partial charge in [0.05, 0.1) is 0 Å². The lowest BCUT2D eigenvalue weighted by atomic mass is 10.1. The number of aryl methyl sites for hydroxylation is 2. The molecule has 1 aromatic carbocycles. The molecule has 0 atom stereocenters. The normalized spacial score (nSPS) is 10.6. The highest BCUT2D eigenvalue weighted by atomic mass is 16.1. The molecule has 1 aromatic rings. The van der Waals surface area contributed by atoms with Gasteiger partial charge >= 0.3 is 0 Å². The van der Waals surface area contributed by atoms with Crippen molar-refractivity contribution in [3.05, 3.63) is 41.0 Å². The smallest absolute Gasteiger partial charge is 0.241 e. The largest absolute Gasteiger partial charge is 0.366 e. The SMILES string of the molecule is Cc1cc(C)cc(/C=C\C(N)=O)c1. The summed E-state index contributed by atoms with van der Waals surface area (Å²) in [6.45, 7) is 4.04. The van der Waals surface area contributed by atoms with Crippen LogP contribution < -0.4 is 5.73 Å². The summed E-state index contributed by atoms with van der Waals surface area (Å²) in [5.41, 5.74) is 8.37. The third-order valence-corrected chi connectivity index (χ3v) is 1.68. The van der Waals surface area contributed by atoms with Crippen LogP contribution in [0, 0.1) is 13.8 Å². The Balaban J connectivity index is 2.95.